The van der Waals surface area contributed by atoms with Crippen molar-refractivity contribution in [3.8, 4) is 0 Å². The minimum absolute atomic E-state index is 0.330. The lowest BCUT2D eigenvalue weighted by molar-refractivity contribution is 0.100. The molecule has 0 spiro atoms. The third-order valence-electron chi connectivity index (χ3n) is 1.72. The number of fused-ring (bicyclic) bond motifs is 1. The zero-order chi connectivity index (χ0) is 8.55. The maximum atomic E-state index is 10.9. The molecule has 1 aliphatic heterocycles. The van der Waals surface area contributed by atoms with Gasteiger partial charge >= 0.3 is 0 Å². The molecule has 4 heteroatoms. The number of primary amides is 1. The van der Waals surface area contributed by atoms with Crippen molar-refractivity contribution < 1.29 is 4.79 Å². The molecule has 2 heterocycles. The first kappa shape index (κ1) is 7.89. The van der Waals surface area contributed by atoms with Crippen LogP contribution >= 0.6 is 23.1 Å². The fourth-order valence-electron chi connectivity index (χ4n) is 1.13. The minimum atomic E-state index is -0.330. The fraction of sp³-hybridized carbons (Fsp3) is 0.125. The summed E-state index contributed by atoms with van der Waals surface area (Å²) < 4.78 is 0. The second kappa shape index (κ2) is 2.95. The smallest absolute Gasteiger partial charge is 0.250 e. The van der Waals surface area contributed by atoms with E-state index in [0.717, 1.165) is 11.3 Å². The van der Waals surface area contributed by atoms with E-state index in [1.807, 2.05) is 16.9 Å². The van der Waals surface area contributed by atoms with Crippen LogP contribution in [0.25, 0.3) is 6.08 Å². The minimum Gasteiger partial charge on any atom is -0.366 e. The Labute approximate surface area is 78.5 Å². The molecule has 0 atom stereocenters. The average Bonchev–Trinajstić information content (AvgIpc) is 2.47. The van der Waals surface area contributed by atoms with Gasteiger partial charge in [-0.1, -0.05) is 0 Å². The van der Waals surface area contributed by atoms with Crippen molar-refractivity contribution in [3.63, 3.8) is 0 Å². The molecule has 0 bridgehead atoms. The lowest BCUT2D eigenvalue weighted by Crippen LogP contribution is -2.11. The largest absolute Gasteiger partial charge is 0.366 e. The second-order valence-corrected chi connectivity index (χ2v) is 4.32. The van der Waals surface area contributed by atoms with Gasteiger partial charge in [0.05, 0.1) is 5.56 Å². The third kappa shape index (κ3) is 1.17. The van der Waals surface area contributed by atoms with E-state index in [-0.39, 0.29) is 5.91 Å². The van der Waals surface area contributed by atoms with Gasteiger partial charge in [0.2, 0.25) is 5.91 Å². The van der Waals surface area contributed by atoms with Crippen LogP contribution in [0.15, 0.2) is 10.8 Å². The maximum absolute atomic E-state index is 10.9. The van der Waals surface area contributed by atoms with Gasteiger partial charge in [-0.15, -0.1) is 23.1 Å². The Balaban J connectivity index is 2.54. The van der Waals surface area contributed by atoms with E-state index >= 15 is 0 Å². The summed E-state index contributed by atoms with van der Waals surface area (Å²) >= 11 is 3.35. The highest BCUT2D eigenvalue weighted by atomic mass is 32.2. The Bertz CT molecular complexity index is 354. The van der Waals surface area contributed by atoms with Gasteiger partial charge in [-0.2, -0.15) is 0 Å². The monoisotopic (exact) mass is 197 g/mol. The molecule has 0 aliphatic carbocycles. The van der Waals surface area contributed by atoms with Gasteiger partial charge in [-0.3, -0.25) is 4.79 Å². The normalized spacial score (nSPS) is 14.3. The number of nitrogens with two attached hydrogens (primary N) is 1. The van der Waals surface area contributed by atoms with Crippen molar-refractivity contribution in [2.24, 2.45) is 5.73 Å². The molecule has 2 nitrogen and oxygen atoms in total. The van der Waals surface area contributed by atoms with Crippen LogP contribution in [0.3, 0.4) is 0 Å². The van der Waals surface area contributed by atoms with Crippen molar-refractivity contribution in [3.05, 3.63) is 26.8 Å². The first-order chi connectivity index (χ1) is 5.79. The molecule has 2 rings (SSSR count). The van der Waals surface area contributed by atoms with E-state index in [1.54, 1.807) is 23.1 Å². The zero-order valence-electron chi connectivity index (χ0n) is 6.24. The molecule has 0 radical (unpaired) electrons. The van der Waals surface area contributed by atoms with Crippen LogP contribution in [0, 0.1) is 0 Å². The number of thioether (sulfide) groups is 1. The summed E-state index contributed by atoms with van der Waals surface area (Å²) in [7, 11) is 0. The lowest BCUT2D eigenvalue weighted by atomic mass is 10.1. The van der Waals surface area contributed by atoms with Crippen LogP contribution in [-0.4, -0.2) is 5.91 Å². The van der Waals surface area contributed by atoms with Crippen molar-refractivity contribution in [2.75, 3.05) is 0 Å². The Hall–Kier alpha value is -0.740. The summed E-state index contributed by atoms with van der Waals surface area (Å²) in [6.07, 6.45) is 1.96. The number of amides is 1. The quantitative estimate of drug-likeness (QED) is 0.749. The lowest BCUT2D eigenvalue weighted by Gasteiger charge is -2.03. The number of rotatable bonds is 1. The first-order valence-corrected chi connectivity index (χ1v) is 5.40. The van der Waals surface area contributed by atoms with Crippen LogP contribution < -0.4 is 5.73 Å². The third-order valence-corrected chi connectivity index (χ3v) is 3.69. The Morgan fingerprint density at radius 1 is 1.58 bits per heavy atom. The Morgan fingerprint density at radius 2 is 2.42 bits per heavy atom. The van der Waals surface area contributed by atoms with Gasteiger partial charge in [0.1, 0.15) is 0 Å². The predicted molar refractivity (Wildman–Crippen MR) is 53.2 cm³/mol. The van der Waals surface area contributed by atoms with E-state index in [4.69, 9.17) is 5.73 Å². The van der Waals surface area contributed by atoms with Crippen molar-refractivity contribution >= 4 is 35.1 Å². The van der Waals surface area contributed by atoms with E-state index in [2.05, 4.69) is 0 Å². The molecule has 62 valence electrons. The van der Waals surface area contributed by atoms with Crippen molar-refractivity contribution in [1.82, 2.24) is 0 Å². The molecule has 0 fully saturated rings. The molecular weight excluding hydrogens is 190 g/mol. The van der Waals surface area contributed by atoms with Gasteiger partial charge in [0, 0.05) is 21.6 Å². The van der Waals surface area contributed by atoms with Gasteiger partial charge in [-0.25, -0.2) is 0 Å². The predicted octanol–water partition coefficient (Wildman–Crippen LogP) is 2.06. The van der Waals surface area contributed by atoms with Crippen LogP contribution in [0.1, 0.15) is 20.8 Å². The second-order valence-electron chi connectivity index (χ2n) is 2.46. The molecule has 1 aromatic rings. The highest BCUT2D eigenvalue weighted by molar-refractivity contribution is 8.01. The summed E-state index contributed by atoms with van der Waals surface area (Å²) in [6.45, 7) is 0. The molecule has 0 saturated heterocycles. The summed E-state index contributed by atoms with van der Waals surface area (Å²) in [4.78, 5) is 12.2. The average molecular weight is 197 g/mol. The summed E-state index contributed by atoms with van der Waals surface area (Å²) in [5.41, 5.74) is 6.89. The maximum Gasteiger partial charge on any atom is 0.250 e. The van der Waals surface area contributed by atoms with Crippen LogP contribution in [0.2, 0.25) is 0 Å². The van der Waals surface area contributed by atoms with E-state index in [0.29, 0.717) is 5.56 Å². The molecule has 2 N–H and O–H groups in total. The molecule has 0 aromatic carbocycles. The number of hydrogen-bond donors (Lipinski definition) is 1. The molecule has 0 saturated carbocycles. The van der Waals surface area contributed by atoms with Gasteiger partial charge in [-0.05, 0) is 11.5 Å². The molecular formula is C8H7NOS2. The fourth-order valence-corrected chi connectivity index (χ4v) is 3.05. The highest BCUT2D eigenvalue weighted by Crippen LogP contribution is 2.32. The van der Waals surface area contributed by atoms with Crippen LogP contribution in [0.5, 0.6) is 0 Å². The molecule has 12 heavy (non-hydrogen) atoms. The summed E-state index contributed by atoms with van der Waals surface area (Å²) in [5.74, 6) is 0.632. The number of carbonyl (C=O) groups excluding carboxylic acids is 1. The van der Waals surface area contributed by atoms with E-state index in [9.17, 15) is 4.79 Å². The molecule has 1 aliphatic rings. The summed E-state index contributed by atoms with van der Waals surface area (Å²) in [6, 6.07) is 0. The van der Waals surface area contributed by atoms with Gasteiger partial charge < -0.3 is 5.73 Å². The van der Waals surface area contributed by atoms with Gasteiger partial charge in [0.15, 0.2) is 0 Å². The Kier molecular flexibility index (Phi) is 1.94. The first-order valence-electron chi connectivity index (χ1n) is 3.47. The van der Waals surface area contributed by atoms with Crippen molar-refractivity contribution in [2.45, 2.75) is 5.75 Å². The van der Waals surface area contributed by atoms with E-state index < -0.39 is 0 Å². The van der Waals surface area contributed by atoms with Crippen LogP contribution in [0.4, 0.5) is 0 Å². The molecule has 0 unspecified atom stereocenters. The highest BCUT2D eigenvalue weighted by Gasteiger charge is 2.14. The SMILES string of the molecule is NC(=O)c1csc2c1C=CSC2. The standard InChI is InChI=1S/C8H7NOS2/c9-8(10)6-3-12-7-4-11-2-1-5(6)7/h1-3H,4H2,(H2,9,10). The molecule has 1 aromatic heterocycles. The summed E-state index contributed by atoms with van der Waals surface area (Å²) in [5, 5.41) is 3.84. The molecule has 1 amide bonds. The Morgan fingerprint density at radius 3 is 3.17 bits per heavy atom. The zero-order valence-corrected chi connectivity index (χ0v) is 7.87. The number of carbonyl (C=O) groups is 1. The van der Waals surface area contributed by atoms with Gasteiger partial charge in [0.25, 0.3) is 0 Å². The topological polar surface area (TPSA) is 43.1 Å². The van der Waals surface area contributed by atoms with Crippen molar-refractivity contribution in [1.29, 1.82) is 0 Å². The number of thiophene rings is 1. The van der Waals surface area contributed by atoms with Crippen LogP contribution in [-0.2, 0) is 5.75 Å². The van der Waals surface area contributed by atoms with E-state index in [1.165, 1.54) is 4.88 Å². The number of hydrogen-bond acceptors (Lipinski definition) is 3.